The fraction of sp³-hybridized carbons (Fsp3) is 0.467. The molecule has 0 aromatic heterocycles. The molecule has 1 aliphatic carbocycles. The lowest BCUT2D eigenvalue weighted by molar-refractivity contribution is 0.334. The molecule has 0 N–H and O–H groups in total. The van der Waals surface area contributed by atoms with E-state index in [1.807, 2.05) is 18.2 Å². The normalized spacial score (nSPS) is 18.7. The molecule has 0 bridgehead atoms. The van der Waals surface area contributed by atoms with Gasteiger partial charge in [0.15, 0.2) is 0 Å². The van der Waals surface area contributed by atoms with Gasteiger partial charge in [0.05, 0.1) is 7.11 Å². The third-order valence-corrected chi connectivity index (χ3v) is 3.71. The molecule has 1 aromatic carbocycles. The molecule has 2 rings (SSSR count). The van der Waals surface area contributed by atoms with Crippen molar-refractivity contribution in [1.82, 2.24) is 0 Å². The first-order valence-corrected chi connectivity index (χ1v) is 6.42. The maximum Gasteiger partial charge on any atom is 0.126 e. The largest absolute Gasteiger partial charge is 0.496 e. The van der Waals surface area contributed by atoms with Crippen LogP contribution in [0.4, 0.5) is 0 Å². The van der Waals surface area contributed by atoms with Gasteiger partial charge < -0.3 is 4.74 Å². The molecule has 0 heterocycles. The predicted octanol–water partition coefficient (Wildman–Crippen LogP) is 4.94. The zero-order valence-electron chi connectivity index (χ0n) is 10.7. The molecular formula is C15H19ClO. The van der Waals surface area contributed by atoms with E-state index in [2.05, 4.69) is 19.9 Å². The molecule has 17 heavy (non-hydrogen) atoms. The van der Waals surface area contributed by atoms with Crippen LogP contribution in [0, 0.1) is 5.41 Å². The fourth-order valence-electron chi connectivity index (χ4n) is 2.25. The minimum absolute atomic E-state index is 0.426. The summed E-state index contributed by atoms with van der Waals surface area (Å²) in [5.41, 5.74) is 2.94. The number of allylic oxidation sites excluding steroid dienone is 2. The number of methoxy groups -OCH3 is 1. The number of benzene rings is 1. The van der Waals surface area contributed by atoms with Crippen LogP contribution < -0.4 is 4.74 Å². The Labute approximate surface area is 108 Å². The molecule has 0 unspecified atom stereocenters. The molecule has 0 aliphatic heterocycles. The number of hydrogen-bond acceptors (Lipinski definition) is 1. The summed E-state index contributed by atoms with van der Waals surface area (Å²) in [5.74, 6) is 0.917. The van der Waals surface area contributed by atoms with E-state index < -0.39 is 0 Å². The summed E-state index contributed by atoms with van der Waals surface area (Å²) in [7, 11) is 1.71. The van der Waals surface area contributed by atoms with Gasteiger partial charge in [-0.1, -0.05) is 31.5 Å². The molecule has 0 saturated carbocycles. The SMILES string of the molecule is COc1ccc(Cl)cc1C1=CCC(C)(C)CC1. The van der Waals surface area contributed by atoms with E-state index in [4.69, 9.17) is 16.3 Å². The smallest absolute Gasteiger partial charge is 0.126 e. The summed E-state index contributed by atoms with van der Waals surface area (Å²) in [6.07, 6.45) is 5.77. The van der Waals surface area contributed by atoms with E-state index in [0.717, 1.165) is 29.2 Å². The van der Waals surface area contributed by atoms with Gasteiger partial charge in [0.1, 0.15) is 5.75 Å². The maximum atomic E-state index is 6.07. The van der Waals surface area contributed by atoms with Gasteiger partial charge in [0.25, 0.3) is 0 Å². The molecular weight excluding hydrogens is 232 g/mol. The average molecular weight is 251 g/mol. The van der Waals surface area contributed by atoms with Crippen molar-refractivity contribution in [2.75, 3.05) is 7.11 Å². The molecule has 0 fully saturated rings. The van der Waals surface area contributed by atoms with Crippen molar-refractivity contribution in [1.29, 1.82) is 0 Å². The molecule has 0 saturated heterocycles. The highest BCUT2D eigenvalue weighted by Crippen LogP contribution is 2.40. The average Bonchev–Trinajstić information content (AvgIpc) is 2.29. The Balaban J connectivity index is 2.34. The van der Waals surface area contributed by atoms with Crippen LogP contribution in [0.2, 0.25) is 5.02 Å². The standard InChI is InChI=1S/C15H19ClO/c1-15(2)8-6-11(7-9-15)13-10-12(16)4-5-14(13)17-3/h4-6,10H,7-9H2,1-3H3. The number of rotatable bonds is 2. The Morgan fingerprint density at radius 3 is 2.65 bits per heavy atom. The van der Waals surface area contributed by atoms with Crippen LogP contribution in [0.1, 0.15) is 38.7 Å². The lowest BCUT2D eigenvalue weighted by atomic mass is 9.77. The van der Waals surface area contributed by atoms with E-state index in [9.17, 15) is 0 Å². The van der Waals surface area contributed by atoms with Crippen LogP contribution in [0.15, 0.2) is 24.3 Å². The fourth-order valence-corrected chi connectivity index (χ4v) is 2.42. The molecule has 1 nitrogen and oxygen atoms in total. The number of hydrogen-bond donors (Lipinski definition) is 0. The highest BCUT2D eigenvalue weighted by molar-refractivity contribution is 6.30. The van der Waals surface area contributed by atoms with Crippen LogP contribution in [-0.2, 0) is 0 Å². The second-order valence-corrected chi connectivity index (χ2v) is 5.88. The summed E-state index contributed by atoms with van der Waals surface area (Å²) in [5, 5.41) is 0.770. The first-order chi connectivity index (χ1) is 8.02. The van der Waals surface area contributed by atoms with Gasteiger partial charge in [-0.3, -0.25) is 0 Å². The summed E-state index contributed by atoms with van der Waals surface area (Å²) >= 11 is 6.07. The molecule has 0 spiro atoms. The maximum absolute atomic E-state index is 6.07. The lowest BCUT2D eigenvalue weighted by Crippen LogP contribution is -2.14. The molecule has 0 amide bonds. The highest BCUT2D eigenvalue weighted by Gasteiger charge is 2.23. The van der Waals surface area contributed by atoms with Crippen LogP contribution in [-0.4, -0.2) is 7.11 Å². The first-order valence-electron chi connectivity index (χ1n) is 6.05. The Hall–Kier alpha value is -0.950. The van der Waals surface area contributed by atoms with Crippen LogP contribution in [0.25, 0.3) is 5.57 Å². The summed E-state index contributed by atoms with van der Waals surface area (Å²) < 4.78 is 5.41. The first kappa shape index (κ1) is 12.5. The van der Waals surface area contributed by atoms with Crippen molar-refractivity contribution in [3.05, 3.63) is 34.9 Å². The lowest BCUT2D eigenvalue weighted by Gasteiger charge is -2.29. The molecule has 1 aliphatic rings. The van der Waals surface area contributed by atoms with Crippen LogP contribution in [0.3, 0.4) is 0 Å². The second-order valence-electron chi connectivity index (χ2n) is 5.44. The zero-order chi connectivity index (χ0) is 12.5. The van der Waals surface area contributed by atoms with E-state index in [1.165, 1.54) is 12.0 Å². The molecule has 0 atom stereocenters. The monoisotopic (exact) mass is 250 g/mol. The summed E-state index contributed by atoms with van der Waals surface area (Å²) in [6, 6.07) is 5.82. The minimum atomic E-state index is 0.426. The van der Waals surface area contributed by atoms with E-state index in [-0.39, 0.29) is 0 Å². The van der Waals surface area contributed by atoms with Gasteiger partial charge in [-0.15, -0.1) is 0 Å². The summed E-state index contributed by atoms with van der Waals surface area (Å²) in [6.45, 7) is 4.63. The molecule has 2 heteroatoms. The van der Waals surface area contributed by atoms with Gasteiger partial charge >= 0.3 is 0 Å². The third-order valence-electron chi connectivity index (χ3n) is 3.48. The van der Waals surface area contributed by atoms with Gasteiger partial charge in [0, 0.05) is 10.6 Å². The zero-order valence-corrected chi connectivity index (χ0v) is 11.5. The van der Waals surface area contributed by atoms with Crippen LogP contribution >= 0.6 is 11.6 Å². The summed E-state index contributed by atoms with van der Waals surface area (Å²) in [4.78, 5) is 0. The van der Waals surface area contributed by atoms with Crippen molar-refractivity contribution < 1.29 is 4.74 Å². The molecule has 0 radical (unpaired) electrons. The van der Waals surface area contributed by atoms with E-state index in [0.29, 0.717) is 5.41 Å². The van der Waals surface area contributed by atoms with Crippen molar-refractivity contribution in [3.63, 3.8) is 0 Å². The Bertz CT molecular complexity index is 446. The van der Waals surface area contributed by atoms with E-state index in [1.54, 1.807) is 7.11 Å². The Morgan fingerprint density at radius 1 is 1.29 bits per heavy atom. The highest BCUT2D eigenvalue weighted by atomic mass is 35.5. The third kappa shape index (κ3) is 2.84. The minimum Gasteiger partial charge on any atom is -0.496 e. The Kier molecular flexibility index (Phi) is 3.48. The number of ether oxygens (including phenoxy) is 1. The van der Waals surface area contributed by atoms with Gasteiger partial charge in [-0.2, -0.15) is 0 Å². The van der Waals surface area contributed by atoms with Gasteiger partial charge in [-0.25, -0.2) is 0 Å². The predicted molar refractivity (Wildman–Crippen MR) is 73.6 cm³/mol. The van der Waals surface area contributed by atoms with Crippen molar-refractivity contribution in [3.8, 4) is 5.75 Å². The Morgan fingerprint density at radius 2 is 2.06 bits per heavy atom. The van der Waals surface area contributed by atoms with Crippen molar-refractivity contribution in [2.45, 2.75) is 33.1 Å². The van der Waals surface area contributed by atoms with Gasteiger partial charge in [0.2, 0.25) is 0 Å². The van der Waals surface area contributed by atoms with E-state index >= 15 is 0 Å². The van der Waals surface area contributed by atoms with Gasteiger partial charge in [-0.05, 0) is 48.4 Å². The number of halogens is 1. The topological polar surface area (TPSA) is 9.23 Å². The quantitative estimate of drug-likeness (QED) is 0.722. The van der Waals surface area contributed by atoms with Crippen molar-refractivity contribution >= 4 is 17.2 Å². The molecule has 1 aromatic rings. The van der Waals surface area contributed by atoms with Crippen LogP contribution in [0.5, 0.6) is 5.75 Å². The molecule has 92 valence electrons. The van der Waals surface area contributed by atoms with Crippen molar-refractivity contribution in [2.24, 2.45) is 5.41 Å². The second kappa shape index (κ2) is 4.73.